The average molecular weight is 281 g/mol. The molecule has 0 saturated carbocycles. The van der Waals surface area contributed by atoms with Crippen molar-refractivity contribution in [2.24, 2.45) is 0 Å². The van der Waals surface area contributed by atoms with Crippen LogP contribution in [-0.2, 0) is 0 Å². The van der Waals surface area contributed by atoms with Crippen LogP contribution in [-0.4, -0.2) is 11.0 Å². The number of para-hydroxylation sites is 1. The summed E-state index contributed by atoms with van der Waals surface area (Å²) in [5.74, 6) is -1.79. The second-order valence-electron chi connectivity index (χ2n) is 3.82. The minimum Gasteiger partial charge on any atom is -0.508 e. The zero-order valence-electron chi connectivity index (χ0n) is 9.65. The lowest BCUT2D eigenvalue weighted by atomic mass is 10.1. The van der Waals surface area contributed by atoms with Crippen LogP contribution >= 0.6 is 11.6 Å². The van der Waals surface area contributed by atoms with Gasteiger partial charge in [0.25, 0.3) is 5.91 Å². The lowest BCUT2D eigenvalue weighted by Gasteiger charge is -2.10. The molecule has 0 fully saturated rings. The Balaban J connectivity index is 2.31. The van der Waals surface area contributed by atoms with Gasteiger partial charge in [0.15, 0.2) is 0 Å². The highest BCUT2D eigenvalue weighted by Crippen LogP contribution is 2.28. The molecule has 0 bridgehead atoms. The van der Waals surface area contributed by atoms with Crippen molar-refractivity contribution in [3.8, 4) is 5.75 Å². The summed E-state index contributed by atoms with van der Waals surface area (Å²) in [5.41, 5.74) is 5.97. The standard InChI is InChI=1S/C13H10ClFN2O2/c14-9-2-1-3-11(16)12(9)17-13(19)8-5-4-7(18)6-10(8)15/h1-6,18H,16H2,(H,17,19). The van der Waals surface area contributed by atoms with Crippen LogP contribution in [0.15, 0.2) is 36.4 Å². The molecule has 1 amide bonds. The molecule has 4 N–H and O–H groups in total. The Bertz CT molecular complexity index is 626. The van der Waals surface area contributed by atoms with Crippen molar-refractivity contribution in [1.82, 2.24) is 0 Å². The van der Waals surface area contributed by atoms with Gasteiger partial charge in [-0.05, 0) is 24.3 Å². The molecule has 0 atom stereocenters. The van der Waals surface area contributed by atoms with Crippen molar-refractivity contribution >= 4 is 28.9 Å². The zero-order valence-corrected chi connectivity index (χ0v) is 10.4. The predicted molar refractivity (Wildman–Crippen MR) is 71.9 cm³/mol. The van der Waals surface area contributed by atoms with Gasteiger partial charge in [-0.25, -0.2) is 4.39 Å². The number of hydrogen-bond donors (Lipinski definition) is 3. The van der Waals surface area contributed by atoms with E-state index in [0.717, 1.165) is 6.07 Å². The van der Waals surface area contributed by atoms with Crippen LogP contribution in [0.25, 0.3) is 0 Å². The normalized spacial score (nSPS) is 10.2. The molecule has 0 heterocycles. The molecular formula is C13H10ClFN2O2. The fourth-order valence-electron chi connectivity index (χ4n) is 1.54. The van der Waals surface area contributed by atoms with E-state index in [2.05, 4.69) is 5.32 Å². The molecule has 0 unspecified atom stereocenters. The SMILES string of the molecule is Nc1cccc(Cl)c1NC(=O)c1ccc(O)cc1F. The fourth-order valence-corrected chi connectivity index (χ4v) is 1.77. The Hall–Kier alpha value is -2.27. The van der Waals surface area contributed by atoms with E-state index in [1.807, 2.05) is 0 Å². The van der Waals surface area contributed by atoms with Crippen LogP contribution < -0.4 is 11.1 Å². The number of benzene rings is 2. The molecule has 2 rings (SSSR count). The van der Waals surface area contributed by atoms with Crippen molar-refractivity contribution < 1.29 is 14.3 Å². The number of rotatable bonds is 2. The maximum absolute atomic E-state index is 13.5. The number of aromatic hydroxyl groups is 1. The molecule has 0 aliphatic rings. The van der Waals surface area contributed by atoms with E-state index in [1.54, 1.807) is 18.2 Å². The third-order valence-corrected chi connectivity index (χ3v) is 2.80. The lowest BCUT2D eigenvalue weighted by molar-refractivity contribution is 0.102. The maximum atomic E-state index is 13.5. The minimum absolute atomic E-state index is 0.211. The summed E-state index contributed by atoms with van der Waals surface area (Å²) in [5, 5.41) is 11.8. The number of hydrogen-bond acceptors (Lipinski definition) is 3. The highest BCUT2D eigenvalue weighted by Gasteiger charge is 2.15. The monoisotopic (exact) mass is 280 g/mol. The fraction of sp³-hybridized carbons (Fsp3) is 0. The van der Waals surface area contributed by atoms with Crippen molar-refractivity contribution in [1.29, 1.82) is 0 Å². The number of carbonyl (C=O) groups is 1. The molecule has 0 aliphatic heterocycles. The molecule has 0 aromatic heterocycles. The Kier molecular flexibility index (Phi) is 3.57. The number of anilines is 2. The number of carbonyl (C=O) groups excluding carboxylic acids is 1. The molecule has 4 nitrogen and oxygen atoms in total. The molecule has 0 saturated heterocycles. The number of phenolic OH excluding ortho intramolecular Hbond substituents is 1. The van der Waals surface area contributed by atoms with Crippen LogP contribution in [0.3, 0.4) is 0 Å². The molecule has 0 radical (unpaired) electrons. The van der Waals surface area contributed by atoms with Gasteiger partial charge in [-0.3, -0.25) is 4.79 Å². The number of halogens is 2. The predicted octanol–water partition coefficient (Wildman–Crippen LogP) is 3.02. The van der Waals surface area contributed by atoms with Crippen molar-refractivity contribution in [2.45, 2.75) is 0 Å². The van der Waals surface area contributed by atoms with E-state index in [9.17, 15) is 9.18 Å². The first kappa shape index (κ1) is 13.2. The summed E-state index contributed by atoms with van der Waals surface area (Å²) in [7, 11) is 0. The topological polar surface area (TPSA) is 75.3 Å². The van der Waals surface area contributed by atoms with Crippen molar-refractivity contribution in [3.63, 3.8) is 0 Å². The van der Waals surface area contributed by atoms with Crippen molar-refractivity contribution in [2.75, 3.05) is 11.1 Å². The second kappa shape index (κ2) is 5.16. The Morgan fingerprint density at radius 2 is 2.05 bits per heavy atom. The quantitative estimate of drug-likeness (QED) is 0.740. The average Bonchev–Trinajstić information content (AvgIpc) is 2.33. The second-order valence-corrected chi connectivity index (χ2v) is 4.23. The first-order chi connectivity index (χ1) is 8.99. The third kappa shape index (κ3) is 2.77. The summed E-state index contributed by atoms with van der Waals surface area (Å²) in [4.78, 5) is 11.9. The van der Waals surface area contributed by atoms with E-state index < -0.39 is 11.7 Å². The van der Waals surface area contributed by atoms with Gasteiger partial charge in [0.2, 0.25) is 0 Å². The number of nitrogens with one attached hydrogen (secondary N) is 1. The van der Waals surface area contributed by atoms with Crippen molar-refractivity contribution in [3.05, 3.63) is 52.8 Å². The summed E-state index contributed by atoms with van der Waals surface area (Å²) in [6, 6.07) is 8.00. The van der Waals surface area contributed by atoms with Crippen LogP contribution in [0, 0.1) is 5.82 Å². The van der Waals surface area contributed by atoms with Gasteiger partial charge in [0.05, 0.1) is 22.0 Å². The smallest absolute Gasteiger partial charge is 0.258 e. The summed E-state index contributed by atoms with van der Waals surface area (Å²) < 4.78 is 13.5. The van der Waals surface area contributed by atoms with Gasteiger partial charge < -0.3 is 16.2 Å². The molecule has 0 spiro atoms. The van der Waals surface area contributed by atoms with E-state index >= 15 is 0 Å². The third-order valence-electron chi connectivity index (χ3n) is 2.48. The van der Waals surface area contributed by atoms with Gasteiger partial charge in [-0.15, -0.1) is 0 Å². The first-order valence-electron chi connectivity index (χ1n) is 5.33. The number of amides is 1. The van der Waals surface area contributed by atoms with Gasteiger partial charge in [-0.1, -0.05) is 17.7 Å². The highest BCUT2D eigenvalue weighted by molar-refractivity contribution is 6.34. The van der Waals surface area contributed by atoms with Crippen LogP contribution in [0.5, 0.6) is 5.75 Å². The van der Waals surface area contributed by atoms with Gasteiger partial charge in [-0.2, -0.15) is 0 Å². The molecule has 6 heteroatoms. The highest BCUT2D eigenvalue weighted by atomic mass is 35.5. The minimum atomic E-state index is -0.830. The molecular weight excluding hydrogens is 271 g/mol. The first-order valence-corrected chi connectivity index (χ1v) is 5.70. The van der Waals surface area contributed by atoms with E-state index in [0.29, 0.717) is 0 Å². The van der Waals surface area contributed by atoms with Gasteiger partial charge >= 0.3 is 0 Å². The van der Waals surface area contributed by atoms with Crippen LogP contribution in [0.1, 0.15) is 10.4 Å². The van der Waals surface area contributed by atoms with Gasteiger partial charge in [0.1, 0.15) is 11.6 Å². The number of phenols is 1. The Labute approximate surface area is 113 Å². The van der Waals surface area contributed by atoms with E-state index in [4.69, 9.17) is 22.4 Å². The van der Waals surface area contributed by atoms with E-state index in [-0.39, 0.29) is 27.7 Å². The summed E-state index contributed by atoms with van der Waals surface area (Å²) in [6.07, 6.45) is 0. The summed E-state index contributed by atoms with van der Waals surface area (Å²) in [6.45, 7) is 0. The number of nitrogen functional groups attached to an aromatic ring is 1. The molecule has 2 aromatic rings. The molecule has 0 aliphatic carbocycles. The molecule has 98 valence electrons. The van der Waals surface area contributed by atoms with Crippen LogP contribution in [0.2, 0.25) is 5.02 Å². The summed E-state index contributed by atoms with van der Waals surface area (Å²) >= 11 is 5.90. The number of nitrogens with two attached hydrogens (primary N) is 1. The molecule has 2 aromatic carbocycles. The van der Waals surface area contributed by atoms with E-state index in [1.165, 1.54) is 12.1 Å². The molecule has 19 heavy (non-hydrogen) atoms. The maximum Gasteiger partial charge on any atom is 0.258 e. The zero-order chi connectivity index (χ0) is 14.0. The Morgan fingerprint density at radius 3 is 2.68 bits per heavy atom. The van der Waals surface area contributed by atoms with Gasteiger partial charge in [0, 0.05) is 6.07 Å². The van der Waals surface area contributed by atoms with Crippen LogP contribution in [0.4, 0.5) is 15.8 Å². The largest absolute Gasteiger partial charge is 0.508 e. The Morgan fingerprint density at radius 1 is 1.32 bits per heavy atom. The lowest BCUT2D eigenvalue weighted by Crippen LogP contribution is -2.15.